The summed E-state index contributed by atoms with van der Waals surface area (Å²) in [7, 11) is 0. The summed E-state index contributed by atoms with van der Waals surface area (Å²) in [4.78, 5) is 36.1. The number of urea groups is 1. The van der Waals surface area contributed by atoms with Crippen LogP contribution in [0.3, 0.4) is 0 Å². The summed E-state index contributed by atoms with van der Waals surface area (Å²) in [5, 5.41) is 17.0. The number of rotatable bonds is 7. The molecule has 1 aliphatic carbocycles. The van der Waals surface area contributed by atoms with Crippen LogP contribution in [0.4, 0.5) is 16.2 Å². The molecule has 1 saturated carbocycles. The van der Waals surface area contributed by atoms with Gasteiger partial charge in [0, 0.05) is 24.2 Å². The number of hydrogen-bond acceptors (Lipinski definition) is 6. The first kappa shape index (κ1) is 23.5. The molecule has 3 N–H and O–H groups in total. The molecule has 1 aliphatic rings. The molecule has 3 aromatic rings. The summed E-state index contributed by atoms with van der Waals surface area (Å²) >= 11 is 1.20. The van der Waals surface area contributed by atoms with Gasteiger partial charge in [0.05, 0.1) is 11.4 Å². The van der Waals surface area contributed by atoms with Crippen LogP contribution in [0, 0.1) is 13.8 Å². The molecule has 34 heavy (non-hydrogen) atoms. The molecule has 2 aromatic carbocycles. The van der Waals surface area contributed by atoms with Crippen LogP contribution in [0.1, 0.15) is 42.6 Å². The lowest BCUT2D eigenvalue weighted by atomic mass is 10.1. The third-order valence-corrected chi connectivity index (χ3v) is 6.30. The largest absolute Gasteiger partial charge is 0.326 e. The van der Waals surface area contributed by atoms with Gasteiger partial charge in [-0.25, -0.2) is 4.79 Å². The van der Waals surface area contributed by atoms with E-state index in [0.717, 1.165) is 35.5 Å². The van der Waals surface area contributed by atoms with Crippen molar-refractivity contribution >= 4 is 41.0 Å². The van der Waals surface area contributed by atoms with E-state index >= 15 is 0 Å². The fraction of sp³-hybridized carbons (Fsp3) is 0.292. The number of nitrogens with zero attached hydrogens (tertiary/aromatic N) is 3. The summed E-state index contributed by atoms with van der Waals surface area (Å²) in [6.45, 7) is 5.40. The maximum Gasteiger partial charge on any atom is 0.325 e. The topological polar surface area (TPSA) is 118 Å². The minimum Gasteiger partial charge on any atom is -0.326 e. The van der Waals surface area contributed by atoms with Gasteiger partial charge in [-0.3, -0.25) is 19.5 Å². The second-order valence-corrected chi connectivity index (χ2v) is 9.21. The van der Waals surface area contributed by atoms with Crippen LogP contribution in [-0.2, 0) is 9.59 Å². The van der Waals surface area contributed by atoms with E-state index < -0.39 is 11.9 Å². The molecule has 4 amide bonds. The number of aryl methyl sites for hydroxylation is 2. The van der Waals surface area contributed by atoms with Crippen molar-refractivity contribution in [2.45, 2.75) is 44.7 Å². The number of aromatic nitrogens is 3. The molecule has 1 heterocycles. The van der Waals surface area contributed by atoms with Crippen LogP contribution in [0.15, 0.2) is 47.6 Å². The number of carbonyl (C=O) groups excluding carboxylic acids is 3. The Kier molecular flexibility index (Phi) is 6.97. The van der Waals surface area contributed by atoms with Gasteiger partial charge in [0.1, 0.15) is 5.82 Å². The number of anilines is 2. The second-order valence-electron chi connectivity index (χ2n) is 8.27. The van der Waals surface area contributed by atoms with Gasteiger partial charge < -0.3 is 10.6 Å². The van der Waals surface area contributed by atoms with Crippen molar-refractivity contribution in [3.05, 3.63) is 59.4 Å². The number of hydrogen-bond donors (Lipinski definition) is 3. The number of thioether (sulfide) groups is 1. The first-order valence-corrected chi connectivity index (χ1v) is 11.9. The Balaban J connectivity index is 1.43. The third kappa shape index (κ3) is 5.82. The fourth-order valence-corrected chi connectivity index (χ4v) is 4.18. The highest BCUT2D eigenvalue weighted by atomic mass is 32.2. The Morgan fingerprint density at radius 3 is 2.47 bits per heavy atom. The zero-order valence-electron chi connectivity index (χ0n) is 19.2. The predicted octanol–water partition coefficient (Wildman–Crippen LogP) is 4.16. The number of carbonyl (C=O) groups is 3. The van der Waals surface area contributed by atoms with Gasteiger partial charge in [0.25, 0.3) is 0 Å². The Hall–Kier alpha value is -3.66. The van der Waals surface area contributed by atoms with E-state index in [0.29, 0.717) is 22.4 Å². The van der Waals surface area contributed by atoms with E-state index in [9.17, 15) is 14.4 Å². The van der Waals surface area contributed by atoms with Crippen LogP contribution in [-0.4, -0.2) is 38.4 Å². The van der Waals surface area contributed by atoms with E-state index in [-0.39, 0.29) is 11.7 Å². The van der Waals surface area contributed by atoms with Crippen molar-refractivity contribution in [1.82, 2.24) is 20.1 Å². The molecule has 10 heteroatoms. The average molecular weight is 479 g/mol. The van der Waals surface area contributed by atoms with Crippen molar-refractivity contribution in [2.24, 2.45) is 0 Å². The Morgan fingerprint density at radius 2 is 1.76 bits per heavy atom. The molecule has 176 valence electrons. The third-order valence-electron chi connectivity index (χ3n) is 5.38. The highest BCUT2D eigenvalue weighted by molar-refractivity contribution is 7.99. The molecule has 0 radical (unpaired) electrons. The molecule has 0 saturated heterocycles. The first-order valence-electron chi connectivity index (χ1n) is 10.9. The Bertz CT molecular complexity index is 1250. The van der Waals surface area contributed by atoms with E-state index in [2.05, 4.69) is 26.1 Å². The van der Waals surface area contributed by atoms with Crippen LogP contribution in [0.5, 0.6) is 0 Å². The monoisotopic (exact) mass is 478 g/mol. The lowest BCUT2D eigenvalue weighted by Gasteiger charge is -2.12. The highest BCUT2D eigenvalue weighted by Gasteiger charge is 2.31. The normalized spacial score (nSPS) is 12.8. The number of nitrogens with one attached hydrogen (secondary N) is 3. The lowest BCUT2D eigenvalue weighted by molar-refractivity contribution is -0.117. The summed E-state index contributed by atoms with van der Waals surface area (Å²) in [5.41, 5.74) is 4.25. The van der Waals surface area contributed by atoms with Crippen molar-refractivity contribution in [2.75, 3.05) is 16.4 Å². The molecule has 1 aromatic heterocycles. The number of benzene rings is 2. The maximum absolute atomic E-state index is 12.4. The number of amides is 4. The van der Waals surface area contributed by atoms with Crippen molar-refractivity contribution in [3.63, 3.8) is 0 Å². The molecule has 9 nitrogen and oxygen atoms in total. The van der Waals surface area contributed by atoms with Crippen LogP contribution in [0.25, 0.3) is 5.69 Å². The van der Waals surface area contributed by atoms with Gasteiger partial charge >= 0.3 is 6.03 Å². The summed E-state index contributed by atoms with van der Waals surface area (Å²) < 4.78 is 1.91. The standard InChI is InChI=1S/C24H26N6O3S/c1-14-7-10-19(11-15(14)2)26-23(33)27-21(32)13-34-24-29-28-22(17-8-9-17)30(24)20-6-4-5-18(12-20)25-16(3)31/h4-7,10-12,17H,8-9,13H2,1-3H3,(H,25,31)(H2,26,27,32,33). The van der Waals surface area contributed by atoms with Gasteiger partial charge in [0.2, 0.25) is 11.8 Å². The fourth-order valence-electron chi connectivity index (χ4n) is 3.42. The second kappa shape index (κ2) is 10.1. The zero-order chi connectivity index (χ0) is 24.2. The van der Waals surface area contributed by atoms with Gasteiger partial charge in [-0.15, -0.1) is 10.2 Å². The lowest BCUT2D eigenvalue weighted by Crippen LogP contribution is -2.35. The van der Waals surface area contributed by atoms with E-state index in [1.54, 1.807) is 12.1 Å². The molecule has 0 bridgehead atoms. The minimum absolute atomic E-state index is 0.00542. The van der Waals surface area contributed by atoms with Gasteiger partial charge in [-0.1, -0.05) is 23.9 Å². The molecular weight excluding hydrogens is 452 g/mol. The summed E-state index contributed by atoms with van der Waals surface area (Å²) in [5.74, 6) is 0.544. The summed E-state index contributed by atoms with van der Waals surface area (Å²) in [6.07, 6.45) is 2.07. The van der Waals surface area contributed by atoms with E-state index in [4.69, 9.17) is 0 Å². The van der Waals surface area contributed by atoms with E-state index in [1.807, 2.05) is 48.7 Å². The van der Waals surface area contributed by atoms with Crippen molar-refractivity contribution in [1.29, 1.82) is 0 Å². The SMILES string of the molecule is CC(=O)Nc1cccc(-n2c(SCC(=O)NC(=O)Nc3ccc(C)c(C)c3)nnc2C2CC2)c1. The smallest absolute Gasteiger partial charge is 0.325 e. The average Bonchev–Trinajstić information content (AvgIpc) is 3.53. The molecular formula is C24H26N6O3S. The first-order chi connectivity index (χ1) is 16.3. The predicted molar refractivity (Wildman–Crippen MR) is 131 cm³/mol. The maximum atomic E-state index is 12.4. The Morgan fingerprint density at radius 1 is 1.00 bits per heavy atom. The molecule has 0 spiro atoms. The zero-order valence-corrected chi connectivity index (χ0v) is 20.0. The van der Waals surface area contributed by atoms with Crippen LogP contribution >= 0.6 is 11.8 Å². The molecule has 0 atom stereocenters. The van der Waals surface area contributed by atoms with Crippen molar-refractivity contribution in [3.8, 4) is 5.69 Å². The quantitative estimate of drug-likeness (QED) is 0.439. The number of imide groups is 1. The molecule has 1 fully saturated rings. The van der Waals surface area contributed by atoms with Crippen LogP contribution < -0.4 is 16.0 Å². The van der Waals surface area contributed by atoms with Crippen LogP contribution in [0.2, 0.25) is 0 Å². The van der Waals surface area contributed by atoms with Crippen molar-refractivity contribution < 1.29 is 14.4 Å². The molecule has 0 unspecified atom stereocenters. The molecule has 0 aliphatic heterocycles. The minimum atomic E-state index is -0.586. The van der Waals surface area contributed by atoms with Gasteiger partial charge in [-0.05, 0) is 68.1 Å². The Labute approximate surface area is 201 Å². The molecule has 4 rings (SSSR count). The summed E-state index contributed by atoms with van der Waals surface area (Å²) in [6, 6.07) is 12.4. The van der Waals surface area contributed by atoms with Gasteiger partial charge in [0.15, 0.2) is 5.16 Å². The van der Waals surface area contributed by atoms with E-state index in [1.165, 1.54) is 18.7 Å². The van der Waals surface area contributed by atoms with Gasteiger partial charge in [-0.2, -0.15) is 0 Å². The highest BCUT2D eigenvalue weighted by Crippen LogP contribution is 2.41.